The van der Waals surface area contributed by atoms with Gasteiger partial charge in [0.1, 0.15) is 4.88 Å². The number of carbonyl (C=O) groups is 1. The summed E-state index contributed by atoms with van der Waals surface area (Å²) >= 11 is 1.52. The molecule has 0 saturated carbocycles. The highest BCUT2D eigenvalue weighted by Gasteiger charge is 2.17. The first kappa shape index (κ1) is 12.7. The number of nitrogens with one attached hydrogen (secondary N) is 1. The lowest BCUT2D eigenvalue weighted by molar-refractivity contribution is -0.114. The molecule has 0 saturated heterocycles. The number of rotatable bonds is 4. The van der Waals surface area contributed by atoms with Gasteiger partial charge in [-0.15, -0.1) is 16.4 Å². The second-order valence-corrected chi connectivity index (χ2v) is 5.06. The maximum Gasteiger partial charge on any atom is 0.322 e. The van der Waals surface area contributed by atoms with Crippen molar-refractivity contribution in [3.05, 3.63) is 10.7 Å². The minimum absolute atomic E-state index is 0.117. The second-order valence-electron chi connectivity index (χ2n) is 3.85. The first-order valence-corrected chi connectivity index (χ1v) is 6.49. The minimum atomic E-state index is -0.237. The Morgan fingerprint density at radius 2 is 2.22 bits per heavy atom. The van der Waals surface area contributed by atoms with Crippen LogP contribution in [-0.2, 0) is 11.2 Å². The third kappa shape index (κ3) is 2.73. The molecule has 2 heterocycles. The molecule has 0 aliphatic heterocycles. The quantitative estimate of drug-likeness (QED) is 0.919. The van der Waals surface area contributed by atoms with Gasteiger partial charge >= 0.3 is 6.01 Å². The molecule has 0 aromatic carbocycles. The van der Waals surface area contributed by atoms with E-state index in [1.54, 1.807) is 0 Å². The third-order valence-corrected chi connectivity index (χ3v) is 3.19. The van der Waals surface area contributed by atoms with E-state index in [1.807, 2.05) is 6.92 Å². The summed E-state index contributed by atoms with van der Waals surface area (Å²) < 4.78 is 5.40. The standard InChI is InChI=1S/C11H14N4O2S/c1-4-5-8-9(18-7(3)13-8)10-14-15-11(17-10)12-6(2)16/h4-5H2,1-3H3,(H,12,15,16). The highest BCUT2D eigenvalue weighted by Crippen LogP contribution is 2.30. The average molecular weight is 266 g/mol. The predicted molar refractivity (Wildman–Crippen MR) is 68.4 cm³/mol. The summed E-state index contributed by atoms with van der Waals surface area (Å²) in [5.41, 5.74) is 0.970. The Morgan fingerprint density at radius 3 is 2.89 bits per heavy atom. The Labute approximate surface area is 108 Å². The van der Waals surface area contributed by atoms with Crippen molar-refractivity contribution in [2.24, 2.45) is 0 Å². The summed E-state index contributed by atoms with van der Waals surface area (Å²) in [6.45, 7) is 5.43. The molecular formula is C11H14N4O2S. The van der Waals surface area contributed by atoms with Crippen LogP contribution >= 0.6 is 11.3 Å². The molecule has 0 aliphatic carbocycles. The summed E-state index contributed by atoms with van der Waals surface area (Å²) in [4.78, 5) is 16.2. The second kappa shape index (κ2) is 5.26. The molecule has 0 atom stereocenters. The van der Waals surface area contributed by atoms with Crippen LogP contribution in [-0.4, -0.2) is 21.1 Å². The van der Waals surface area contributed by atoms with Crippen molar-refractivity contribution in [1.29, 1.82) is 0 Å². The van der Waals surface area contributed by atoms with Crippen molar-refractivity contribution >= 4 is 23.3 Å². The maximum atomic E-state index is 10.9. The van der Waals surface area contributed by atoms with Gasteiger partial charge in [0.05, 0.1) is 10.7 Å². The molecule has 96 valence electrons. The monoisotopic (exact) mass is 266 g/mol. The first-order chi connectivity index (χ1) is 8.60. The normalized spacial score (nSPS) is 10.6. The molecule has 2 rings (SSSR count). The van der Waals surface area contributed by atoms with E-state index in [1.165, 1.54) is 18.3 Å². The van der Waals surface area contributed by atoms with Gasteiger partial charge in [-0.05, 0) is 13.3 Å². The van der Waals surface area contributed by atoms with E-state index in [0.29, 0.717) is 5.89 Å². The van der Waals surface area contributed by atoms with Crippen molar-refractivity contribution in [3.63, 3.8) is 0 Å². The zero-order valence-corrected chi connectivity index (χ0v) is 11.3. The highest BCUT2D eigenvalue weighted by atomic mass is 32.1. The topological polar surface area (TPSA) is 80.9 Å². The summed E-state index contributed by atoms with van der Waals surface area (Å²) in [5.74, 6) is 0.173. The summed E-state index contributed by atoms with van der Waals surface area (Å²) in [6.07, 6.45) is 1.88. The van der Waals surface area contributed by atoms with Crippen molar-refractivity contribution in [1.82, 2.24) is 15.2 Å². The van der Waals surface area contributed by atoms with Gasteiger partial charge in [0.2, 0.25) is 5.91 Å². The molecule has 0 spiro atoms. The fourth-order valence-corrected chi connectivity index (χ4v) is 2.45. The van der Waals surface area contributed by atoms with E-state index in [-0.39, 0.29) is 11.9 Å². The number of aryl methyl sites for hydroxylation is 2. The van der Waals surface area contributed by atoms with Gasteiger partial charge in [-0.1, -0.05) is 18.4 Å². The number of hydrogen-bond acceptors (Lipinski definition) is 6. The number of nitrogens with zero attached hydrogens (tertiary/aromatic N) is 3. The summed E-state index contributed by atoms with van der Waals surface area (Å²) in [5, 5.41) is 11.1. The average Bonchev–Trinajstić information content (AvgIpc) is 2.85. The van der Waals surface area contributed by atoms with Crippen molar-refractivity contribution in [2.75, 3.05) is 5.32 Å². The Bertz CT molecular complexity index is 561. The molecule has 0 unspecified atom stereocenters. The number of anilines is 1. The fourth-order valence-electron chi connectivity index (χ4n) is 1.56. The fraction of sp³-hybridized carbons (Fsp3) is 0.455. The molecule has 18 heavy (non-hydrogen) atoms. The number of thiazole rings is 1. The van der Waals surface area contributed by atoms with Gasteiger partial charge < -0.3 is 4.42 Å². The van der Waals surface area contributed by atoms with Gasteiger partial charge in [-0.25, -0.2) is 4.98 Å². The molecule has 0 fully saturated rings. The van der Waals surface area contributed by atoms with Gasteiger partial charge in [0, 0.05) is 6.92 Å². The van der Waals surface area contributed by atoms with Crippen LogP contribution < -0.4 is 5.32 Å². The molecular weight excluding hydrogens is 252 g/mol. The lowest BCUT2D eigenvalue weighted by Crippen LogP contribution is -2.05. The lowest BCUT2D eigenvalue weighted by atomic mass is 10.2. The van der Waals surface area contributed by atoms with Crippen LogP contribution in [0.5, 0.6) is 0 Å². The Balaban J connectivity index is 2.30. The molecule has 7 heteroatoms. The zero-order chi connectivity index (χ0) is 13.1. The molecule has 0 radical (unpaired) electrons. The van der Waals surface area contributed by atoms with Crippen LogP contribution in [0.25, 0.3) is 10.8 Å². The number of carbonyl (C=O) groups excluding carboxylic acids is 1. The Morgan fingerprint density at radius 1 is 1.44 bits per heavy atom. The molecule has 2 aromatic heterocycles. The molecule has 0 aliphatic rings. The lowest BCUT2D eigenvalue weighted by Gasteiger charge is -1.95. The largest absolute Gasteiger partial charge is 0.402 e. The van der Waals surface area contributed by atoms with Crippen LogP contribution in [0.4, 0.5) is 6.01 Å². The summed E-state index contributed by atoms with van der Waals surface area (Å²) in [6, 6.07) is 0.117. The Hall–Kier alpha value is -1.76. The Kier molecular flexibility index (Phi) is 3.71. The predicted octanol–water partition coefficient (Wildman–Crippen LogP) is 2.41. The van der Waals surface area contributed by atoms with E-state index in [4.69, 9.17) is 4.42 Å². The van der Waals surface area contributed by atoms with Gasteiger partial charge in [-0.2, -0.15) is 0 Å². The number of hydrogen-bond donors (Lipinski definition) is 1. The SMILES string of the molecule is CCCc1nc(C)sc1-c1nnc(NC(C)=O)o1. The van der Waals surface area contributed by atoms with E-state index in [9.17, 15) is 4.79 Å². The first-order valence-electron chi connectivity index (χ1n) is 5.68. The van der Waals surface area contributed by atoms with E-state index in [2.05, 4.69) is 27.4 Å². The van der Waals surface area contributed by atoms with Crippen LogP contribution in [0, 0.1) is 6.92 Å². The van der Waals surface area contributed by atoms with Gasteiger partial charge in [0.25, 0.3) is 5.89 Å². The van der Waals surface area contributed by atoms with Crippen LogP contribution in [0.3, 0.4) is 0 Å². The van der Waals surface area contributed by atoms with E-state index >= 15 is 0 Å². The van der Waals surface area contributed by atoms with Crippen molar-refractivity contribution in [3.8, 4) is 10.8 Å². The van der Waals surface area contributed by atoms with Crippen molar-refractivity contribution in [2.45, 2.75) is 33.6 Å². The molecule has 1 amide bonds. The van der Waals surface area contributed by atoms with E-state index in [0.717, 1.165) is 28.4 Å². The van der Waals surface area contributed by atoms with Crippen LogP contribution in [0.15, 0.2) is 4.42 Å². The van der Waals surface area contributed by atoms with Crippen LogP contribution in [0.2, 0.25) is 0 Å². The molecule has 2 aromatic rings. The number of amides is 1. The highest BCUT2D eigenvalue weighted by molar-refractivity contribution is 7.15. The molecule has 0 bridgehead atoms. The van der Waals surface area contributed by atoms with Gasteiger partial charge in [0.15, 0.2) is 0 Å². The van der Waals surface area contributed by atoms with Crippen molar-refractivity contribution < 1.29 is 9.21 Å². The zero-order valence-electron chi connectivity index (χ0n) is 10.5. The third-order valence-electron chi connectivity index (χ3n) is 2.19. The summed E-state index contributed by atoms with van der Waals surface area (Å²) in [7, 11) is 0. The molecule has 6 nitrogen and oxygen atoms in total. The number of aromatic nitrogens is 3. The smallest absolute Gasteiger partial charge is 0.322 e. The molecule has 1 N–H and O–H groups in total. The maximum absolute atomic E-state index is 10.9. The van der Waals surface area contributed by atoms with Crippen LogP contribution in [0.1, 0.15) is 31.0 Å². The minimum Gasteiger partial charge on any atom is -0.402 e. The van der Waals surface area contributed by atoms with E-state index < -0.39 is 0 Å². The van der Waals surface area contributed by atoms with Gasteiger partial charge in [-0.3, -0.25) is 10.1 Å².